The highest BCUT2D eigenvalue weighted by atomic mass is 32.2. The van der Waals surface area contributed by atoms with Crippen LogP contribution in [0.15, 0.2) is 41.3 Å². The first kappa shape index (κ1) is 20.3. The van der Waals surface area contributed by atoms with Crippen LogP contribution in [0.3, 0.4) is 0 Å². The quantitative estimate of drug-likeness (QED) is 0.615. The first-order chi connectivity index (χ1) is 13.2. The van der Waals surface area contributed by atoms with Gasteiger partial charge in [-0.1, -0.05) is 0 Å². The molecule has 0 unspecified atom stereocenters. The number of carbonyl (C=O) groups is 1. The Labute approximate surface area is 159 Å². The molecule has 1 heterocycles. The standard InChI is InChI=1S/C18H16F4N2O3S/c19-12-3-5-13(6-4-12)28(26,27)24-9-1-2-11(10-24)18(25)23-15-8-7-14(20)16(21)17(15)22/h3-8,11H,1-2,9-10H2,(H,23,25)/t11-/m1/s1. The minimum atomic E-state index is -3.94. The van der Waals surface area contributed by atoms with Crippen LogP contribution in [0.25, 0.3) is 0 Å². The number of piperidine rings is 1. The summed E-state index contributed by atoms with van der Waals surface area (Å²) in [5, 5.41) is 2.18. The zero-order valence-electron chi connectivity index (χ0n) is 14.5. The Morgan fingerprint density at radius 2 is 1.68 bits per heavy atom. The van der Waals surface area contributed by atoms with E-state index < -0.39 is 50.8 Å². The minimum Gasteiger partial charge on any atom is -0.323 e. The predicted octanol–water partition coefficient (Wildman–Crippen LogP) is 3.28. The topological polar surface area (TPSA) is 66.5 Å². The molecule has 1 atom stereocenters. The van der Waals surface area contributed by atoms with Gasteiger partial charge in [-0.2, -0.15) is 4.31 Å². The van der Waals surface area contributed by atoms with Crippen LogP contribution in [0.5, 0.6) is 0 Å². The number of sulfonamides is 1. The SMILES string of the molecule is O=C(Nc1ccc(F)c(F)c1F)[C@@H]1CCCN(S(=O)(=O)c2ccc(F)cc2)C1. The van der Waals surface area contributed by atoms with Gasteiger partial charge in [-0.25, -0.2) is 26.0 Å². The third-order valence-electron chi connectivity index (χ3n) is 4.50. The van der Waals surface area contributed by atoms with E-state index in [2.05, 4.69) is 5.32 Å². The van der Waals surface area contributed by atoms with Crippen molar-refractivity contribution in [1.82, 2.24) is 4.31 Å². The molecule has 150 valence electrons. The zero-order valence-corrected chi connectivity index (χ0v) is 15.3. The molecule has 2 aromatic carbocycles. The lowest BCUT2D eigenvalue weighted by Gasteiger charge is -2.31. The van der Waals surface area contributed by atoms with E-state index >= 15 is 0 Å². The molecule has 5 nitrogen and oxygen atoms in total. The average Bonchev–Trinajstić information content (AvgIpc) is 2.69. The number of nitrogens with one attached hydrogen (secondary N) is 1. The van der Waals surface area contributed by atoms with Crippen molar-refractivity contribution in [2.45, 2.75) is 17.7 Å². The van der Waals surface area contributed by atoms with E-state index in [1.807, 2.05) is 0 Å². The number of halogens is 4. The highest BCUT2D eigenvalue weighted by molar-refractivity contribution is 7.89. The Kier molecular flexibility index (Phi) is 5.71. The van der Waals surface area contributed by atoms with E-state index in [9.17, 15) is 30.8 Å². The van der Waals surface area contributed by atoms with Crippen LogP contribution in [0.4, 0.5) is 23.2 Å². The van der Waals surface area contributed by atoms with E-state index in [-0.39, 0.29) is 18.0 Å². The first-order valence-corrected chi connectivity index (χ1v) is 9.84. The van der Waals surface area contributed by atoms with E-state index in [1.54, 1.807) is 0 Å². The molecular formula is C18H16F4N2O3S. The lowest BCUT2D eigenvalue weighted by Crippen LogP contribution is -2.43. The van der Waals surface area contributed by atoms with E-state index in [0.717, 1.165) is 34.6 Å². The first-order valence-electron chi connectivity index (χ1n) is 8.40. The Morgan fingerprint density at radius 3 is 2.36 bits per heavy atom. The van der Waals surface area contributed by atoms with Crippen LogP contribution in [0.1, 0.15) is 12.8 Å². The number of hydrogen-bond acceptors (Lipinski definition) is 3. The van der Waals surface area contributed by atoms with Gasteiger partial charge >= 0.3 is 0 Å². The van der Waals surface area contributed by atoms with Gasteiger partial charge in [0.05, 0.1) is 16.5 Å². The highest BCUT2D eigenvalue weighted by Gasteiger charge is 2.33. The van der Waals surface area contributed by atoms with Gasteiger partial charge in [0.2, 0.25) is 15.9 Å². The molecule has 1 aliphatic rings. The van der Waals surface area contributed by atoms with E-state index in [0.29, 0.717) is 18.9 Å². The fraction of sp³-hybridized carbons (Fsp3) is 0.278. The summed E-state index contributed by atoms with van der Waals surface area (Å²) in [5.41, 5.74) is -0.526. The molecule has 0 aromatic heterocycles. The lowest BCUT2D eigenvalue weighted by molar-refractivity contribution is -0.120. The zero-order chi connectivity index (χ0) is 20.5. The molecule has 0 bridgehead atoms. The Hall–Kier alpha value is -2.46. The average molecular weight is 416 g/mol. The molecule has 28 heavy (non-hydrogen) atoms. The van der Waals surface area contributed by atoms with Crippen molar-refractivity contribution >= 4 is 21.6 Å². The summed E-state index contributed by atoms with van der Waals surface area (Å²) < 4.78 is 79.5. The van der Waals surface area contributed by atoms with Crippen molar-refractivity contribution < 1.29 is 30.8 Å². The maximum absolute atomic E-state index is 13.7. The fourth-order valence-corrected chi connectivity index (χ4v) is 4.51. The number of amides is 1. The van der Waals surface area contributed by atoms with Gasteiger partial charge in [-0.3, -0.25) is 4.79 Å². The number of nitrogens with zero attached hydrogens (tertiary/aromatic N) is 1. The van der Waals surface area contributed by atoms with Crippen molar-refractivity contribution in [3.63, 3.8) is 0 Å². The van der Waals surface area contributed by atoms with Crippen LogP contribution < -0.4 is 5.32 Å². The second kappa shape index (κ2) is 7.88. The molecule has 1 aliphatic heterocycles. The van der Waals surface area contributed by atoms with E-state index in [1.165, 1.54) is 0 Å². The smallest absolute Gasteiger partial charge is 0.243 e. The molecule has 0 radical (unpaired) electrons. The minimum absolute atomic E-state index is 0.110. The number of rotatable bonds is 4. The third-order valence-corrected chi connectivity index (χ3v) is 6.38. The van der Waals surface area contributed by atoms with Crippen LogP contribution >= 0.6 is 0 Å². The van der Waals surface area contributed by atoms with Crippen molar-refractivity contribution in [3.05, 3.63) is 59.7 Å². The van der Waals surface area contributed by atoms with Crippen molar-refractivity contribution in [3.8, 4) is 0 Å². The largest absolute Gasteiger partial charge is 0.323 e. The van der Waals surface area contributed by atoms with Crippen molar-refractivity contribution in [1.29, 1.82) is 0 Å². The second-order valence-corrected chi connectivity index (χ2v) is 8.31. The molecule has 10 heteroatoms. The Balaban J connectivity index is 1.75. The molecule has 0 aliphatic carbocycles. The summed E-state index contributed by atoms with van der Waals surface area (Å²) in [4.78, 5) is 12.3. The molecule has 1 saturated heterocycles. The summed E-state index contributed by atoms with van der Waals surface area (Å²) in [6.45, 7) is -0.000133. The maximum atomic E-state index is 13.7. The molecule has 3 rings (SSSR count). The molecule has 1 N–H and O–H groups in total. The van der Waals surface area contributed by atoms with Gasteiger partial charge in [0, 0.05) is 13.1 Å². The van der Waals surface area contributed by atoms with Crippen LogP contribution in [-0.2, 0) is 14.8 Å². The van der Waals surface area contributed by atoms with E-state index in [4.69, 9.17) is 0 Å². The van der Waals surface area contributed by atoms with Crippen LogP contribution in [-0.4, -0.2) is 31.7 Å². The fourth-order valence-electron chi connectivity index (χ4n) is 2.99. The van der Waals surface area contributed by atoms with Gasteiger partial charge in [0.25, 0.3) is 0 Å². The van der Waals surface area contributed by atoms with Gasteiger partial charge < -0.3 is 5.32 Å². The number of anilines is 1. The lowest BCUT2D eigenvalue weighted by atomic mass is 9.98. The number of carbonyl (C=O) groups excluding carboxylic acids is 1. The molecule has 0 saturated carbocycles. The van der Waals surface area contributed by atoms with Gasteiger partial charge in [-0.05, 0) is 49.2 Å². The second-order valence-electron chi connectivity index (χ2n) is 6.37. The maximum Gasteiger partial charge on any atom is 0.243 e. The summed E-state index contributed by atoms with van der Waals surface area (Å²) in [6.07, 6.45) is 0.714. The molecule has 2 aromatic rings. The Bertz CT molecular complexity index is 997. The van der Waals surface area contributed by atoms with Crippen LogP contribution in [0.2, 0.25) is 0 Å². The third kappa shape index (κ3) is 4.02. The summed E-state index contributed by atoms with van der Waals surface area (Å²) in [7, 11) is -3.94. The van der Waals surface area contributed by atoms with Gasteiger partial charge in [0.15, 0.2) is 17.5 Å². The monoisotopic (exact) mass is 416 g/mol. The number of hydrogen-bond donors (Lipinski definition) is 1. The van der Waals surface area contributed by atoms with Crippen molar-refractivity contribution in [2.24, 2.45) is 5.92 Å². The molecule has 1 fully saturated rings. The molecule has 1 amide bonds. The Morgan fingerprint density at radius 1 is 1.00 bits per heavy atom. The predicted molar refractivity (Wildman–Crippen MR) is 92.8 cm³/mol. The molecular weight excluding hydrogens is 400 g/mol. The summed E-state index contributed by atoms with van der Waals surface area (Å²) >= 11 is 0. The summed E-state index contributed by atoms with van der Waals surface area (Å²) in [5.74, 6) is -6.71. The van der Waals surface area contributed by atoms with Crippen LogP contribution in [0, 0.1) is 29.2 Å². The number of benzene rings is 2. The summed E-state index contributed by atoms with van der Waals surface area (Å²) in [6, 6.07) is 5.87. The van der Waals surface area contributed by atoms with Gasteiger partial charge in [0.1, 0.15) is 5.82 Å². The van der Waals surface area contributed by atoms with Gasteiger partial charge in [-0.15, -0.1) is 0 Å². The highest BCUT2D eigenvalue weighted by Crippen LogP contribution is 2.26. The molecule has 0 spiro atoms. The van der Waals surface area contributed by atoms with Crippen molar-refractivity contribution in [2.75, 3.05) is 18.4 Å². The normalized spacial score (nSPS) is 18.1.